The quantitative estimate of drug-likeness (QED) is 0.324. The first kappa shape index (κ1) is 23.4. The minimum absolute atomic E-state index is 0.423. The van der Waals surface area contributed by atoms with Crippen molar-refractivity contribution < 1.29 is 9.47 Å². The molecule has 1 atom stereocenters. The Morgan fingerprint density at radius 3 is 2.42 bits per heavy atom. The third-order valence-corrected chi connectivity index (χ3v) is 5.95. The Morgan fingerprint density at radius 1 is 0.935 bits per heavy atom. The number of benzene rings is 3. The summed E-state index contributed by atoms with van der Waals surface area (Å²) in [6, 6.07) is 23.5. The van der Waals surface area contributed by atoms with E-state index in [4.69, 9.17) is 9.47 Å². The zero-order valence-electron chi connectivity index (χ0n) is 18.7. The van der Waals surface area contributed by atoms with Gasteiger partial charge in [-0.15, -0.1) is 0 Å². The summed E-state index contributed by atoms with van der Waals surface area (Å²) in [5, 5.41) is 3.63. The topological polar surface area (TPSA) is 30.5 Å². The second-order valence-corrected chi connectivity index (χ2v) is 8.71. The highest BCUT2D eigenvalue weighted by Gasteiger charge is 2.14. The summed E-state index contributed by atoms with van der Waals surface area (Å²) in [7, 11) is 0. The maximum atomic E-state index is 6.16. The van der Waals surface area contributed by atoms with E-state index in [1.807, 2.05) is 19.1 Å². The van der Waals surface area contributed by atoms with E-state index in [-0.39, 0.29) is 0 Å². The maximum Gasteiger partial charge on any atom is 0.175 e. The predicted octanol–water partition coefficient (Wildman–Crippen LogP) is 6.85. The van der Waals surface area contributed by atoms with Gasteiger partial charge in [-0.2, -0.15) is 0 Å². The zero-order chi connectivity index (χ0) is 22.1. The molecule has 0 saturated heterocycles. The molecule has 0 unspecified atom stereocenters. The fourth-order valence-electron chi connectivity index (χ4n) is 3.47. The average molecular weight is 482 g/mol. The number of aryl methyl sites for hydroxylation is 2. The van der Waals surface area contributed by atoms with Crippen molar-refractivity contribution in [1.82, 2.24) is 5.32 Å². The van der Waals surface area contributed by atoms with Gasteiger partial charge in [0, 0.05) is 12.6 Å². The first-order valence-corrected chi connectivity index (χ1v) is 11.8. The minimum Gasteiger partial charge on any atom is -0.490 e. The molecule has 3 aromatic rings. The van der Waals surface area contributed by atoms with Crippen LogP contribution >= 0.6 is 15.9 Å². The van der Waals surface area contributed by atoms with Crippen LogP contribution in [0.3, 0.4) is 0 Å². The van der Waals surface area contributed by atoms with Crippen molar-refractivity contribution in [1.29, 1.82) is 0 Å². The molecule has 0 amide bonds. The second kappa shape index (κ2) is 11.9. The lowest BCUT2D eigenvalue weighted by Gasteiger charge is -2.18. The van der Waals surface area contributed by atoms with E-state index in [9.17, 15) is 0 Å². The van der Waals surface area contributed by atoms with Gasteiger partial charge in [-0.3, -0.25) is 0 Å². The highest BCUT2D eigenvalue weighted by Crippen LogP contribution is 2.37. The van der Waals surface area contributed by atoms with Crippen molar-refractivity contribution in [2.45, 2.75) is 52.8 Å². The number of hydrogen-bond acceptors (Lipinski definition) is 3. The maximum absolute atomic E-state index is 6.16. The number of nitrogens with one attached hydrogen (secondary N) is 1. The second-order valence-electron chi connectivity index (χ2n) is 7.86. The smallest absolute Gasteiger partial charge is 0.175 e. The number of rotatable bonds is 11. The van der Waals surface area contributed by atoms with Crippen molar-refractivity contribution in [2.24, 2.45) is 0 Å². The van der Waals surface area contributed by atoms with E-state index >= 15 is 0 Å². The Morgan fingerprint density at radius 2 is 1.68 bits per heavy atom. The normalized spacial score (nSPS) is 11.9. The standard InChI is InChI=1S/C27H32BrNO2/c1-4-30-26-17-23(18-29-21(3)14-15-22-11-6-5-7-12-22)16-25(28)27(26)31-19-24-13-9-8-10-20(24)2/h5-13,16-17,21,29H,4,14-15,18-19H2,1-3H3/t21-/m1/s1. The van der Waals surface area contributed by atoms with Crippen molar-refractivity contribution >= 4 is 15.9 Å². The van der Waals surface area contributed by atoms with Crippen LogP contribution < -0.4 is 14.8 Å². The summed E-state index contributed by atoms with van der Waals surface area (Å²) in [4.78, 5) is 0. The van der Waals surface area contributed by atoms with E-state index in [0.717, 1.165) is 35.4 Å². The molecular formula is C27H32BrNO2. The average Bonchev–Trinajstić information content (AvgIpc) is 2.77. The third-order valence-electron chi connectivity index (χ3n) is 5.37. The molecule has 4 heteroatoms. The molecule has 0 aromatic heterocycles. The van der Waals surface area contributed by atoms with E-state index < -0.39 is 0 Å². The van der Waals surface area contributed by atoms with Crippen LogP contribution in [0.4, 0.5) is 0 Å². The predicted molar refractivity (Wildman–Crippen MR) is 132 cm³/mol. The van der Waals surface area contributed by atoms with Gasteiger partial charge in [0.1, 0.15) is 6.61 Å². The molecule has 3 aromatic carbocycles. The van der Waals surface area contributed by atoms with Crippen molar-refractivity contribution in [2.75, 3.05) is 6.61 Å². The van der Waals surface area contributed by atoms with Gasteiger partial charge in [-0.1, -0.05) is 54.6 Å². The lowest BCUT2D eigenvalue weighted by atomic mass is 10.1. The van der Waals surface area contributed by atoms with Gasteiger partial charge < -0.3 is 14.8 Å². The molecule has 3 nitrogen and oxygen atoms in total. The molecule has 0 heterocycles. The Bertz CT molecular complexity index is 959. The molecule has 0 radical (unpaired) electrons. The third kappa shape index (κ3) is 7.12. The first-order valence-electron chi connectivity index (χ1n) is 11.0. The van der Waals surface area contributed by atoms with E-state index in [0.29, 0.717) is 19.3 Å². The van der Waals surface area contributed by atoms with Gasteiger partial charge in [0.05, 0.1) is 11.1 Å². The molecule has 0 aliphatic rings. The van der Waals surface area contributed by atoms with Gasteiger partial charge in [-0.05, 0) is 83.9 Å². The molecule has 0 saturated carbocycles. The van der Waals surface area contributed by atoms with Crippen LogP contribution in [0.5, 0.6) is 11.5 Å². The number of hydrogen-bond donors (Lipinski definition) is 1. The molecule has 0 bridgehead atoms. The number of halogens is 1. The summed E-state index contributed by atoms with van der Waals surface area (Å²) in [6.45, 7) is 8.23. The molecule has 1 N–H and O–H groups in total. The van der Waals surface area contributed by atoms with Crippen molar-refractivity contribution in [3.8, 4) is 11.5 Å². The molecule has 0 aliphatic carbocycles. The van der Waals surface area contributed by atoms with Crippen LogP contribution in [-0.2, 0) is 19.6 Å². The summed E-state index contributed by atoms with van der Waals surface area (Å²) in [5.41, 5.74) is 4.95. The highest BCUT2D eigenvalue weighted by molar-refractivity contribution is 9.10. The molecular weight excluding hydrogens is 450 g/mol. The summed E-state index contributed by atoms with van der Waals surface area (Å²) < 4.78 is 13.0. The largest absolute Gasteiger partial charge is 0.490 e. The minimum atomic E-state index is 0.423. The molecule has 0 aliphatic heterocycles. The van der Waals surface area contributed by atoms with Gasteiger partial charge in [-0.25, -0.2) is 0 Å². The fraction of sp³-hybridized carbons (Fsp3) is 0.333. The molecule has 164 valence electrons. The Hall–Kier alpha value is -2.30. The first-order chi connectivity index (χ1) is 15.1. The van der Waals surface area contributed by atoms with Crippen LogP contribution in [0.1, 0.15) is 42.5 Å². The molecule has 31 heavy (non-hydrogen) atoms. The Kier molecular flexibility index (Phi) is 8.98. The van der Waals surface area contributed by atoms with Crippen LogP contribution in [0.25, 0.3) is 0 Å². The van der Waals surface area contributed by atoms with E-state index in [1.54, 1.807) is 0 Å². The lowest BCUT2D eigenvalue weighted by molar-refractivity contribution is 0.267. The van der Waals surface area contributed by atoms with Crippen LogP contribution in [0, 0.1) is 6.92 Å². The highest BCUT2D eigenvalue weighted by atomic mass is 79.9. The lowest BCUT2D eigenvalue weighted by Crippen LogP contribution is -2.26. The zero-order valence-corrected chi connectivity index (χ0v) is 20.2. The molecule has 0 spiro atoms. The van der Waals surface area contributed by atoms with Crippen molar-refractivity contribution in [3.63, 3.8) is 0 Å². The van der Waals surface area contributed by atoms with Crippen LogP contribution in [0.15, 0.2) is 71.2 Å². The summed E-state index contributed by atoms with van der Waals surface area (Å²) in [5.74, 6) is 1.53. The van der Waals surface area contributed by atoms with Gasteiger partial charge in [0.25, 0.3) is 0 Å². The van der Waals surface area contributed by atoms with E-state index in [1.165, 1.54) is 22.3 Å². The van der Waals surface area contributed by atoms with Crippen LogP contribution in [0.2, 0.25) is 0 Å². The van der Waals surface area contributed by atoms with Crippen LogP contribution in [-0.4, -0.2) is 12.6 Å². The van der Waals surface area contributed by atoms with Gasteiger partial charge in [0.15, 0.2) is 11.5 Å². The number of ether oxygens (including phenoxy) is 2. The molecule has 0 fully saturated rings. The van der Waals surface area contributed by atoms with E-state index in [2.05, 4.69) is 89.7 Å². The van der Waals surface area contributed by atoms with Gasteiger partial charge >= 0.3 is 0 Å². The summed E-state index contributed by atoms with van der Waals surface area (Å²) >= 11 is 3.70. The van der Waals surface area contributed by atoms with Gasteiger partial charge in [0.2, 0.25) is 0 Å². The molecule has 3 rings (SSSR count). The van der Waals surface area contributed by atoms with Crippen molar-refractivity contribution in [3.05, 3.63) is 93.5 Å². The Balaban J connectivity index is 1.61. The Labute approximate surface area is 194 Å². The fourth-order valence-corrected chi connectivity index (χ4v) is 4.07. The monoisotopic (exact) mass is 481 g/mol. The SMILES string of the molecule is CCOc1cc(CN[C@H](C)CCc2ccccc2)cc(Br)c1OCc1ccccc1C. The summed E-state index contributed by atoms with van der Waals surface area (Å²) in [6.07, 6.45) is 2.18.